The fourth-order valence-electron chi connectivity index (χ4n) is 6.01. The molecule has 0 aliphatic rings. The molecule has 0 fully saturated rings. The maximum absolute atomic E-state index is 11.5. The fourth-order valence-corrected chi connectivity index (χ4v) is 6.01. The fraction of sp³-hybridized carbons (Fsp3) is 0.905. The van der Waals surface area contributed by atoms with Crippen LogP contribution in [0.15, 0.2) is 4.99 Å². The molecule has 1 amide bonds. The van der Waals surface area contributed by atoms with E-state index in [0.29, 0.717) is 12.8 Å². The van der Waals surface area contributed by atoms with Gasteiger partial charge in [-0.3, -0.25) is 14.6 Å². The van der Waals surface area contributed by atoms with E-state index in [-0.39, 0.29) is 31.3 Å². The summed E-state index contributed by atoms with van der Waals surface area (Å²) in [6.07, 6.45) is 39.6. The number of aliphatic imine (C=N–C) groups is 1. The maximum atomic E-state index is 11.5. The Morgan fingerprint density at radius 3 is 1.06 bits per heavy atom. The van der Waals surface area contributed by atoms with E-state index in [0.717, 1.165) is 32.1 Å². The van der Waals surface area contributed by atoms with E-state index in [1.54, 1.807) is 0 Å². The maximum Gasteiger partial charge on any atom is 2.00 e. The molecule has 0 aliphatic carbocycles. The molecule has 0 aromatic heterocycles. The molecule has 0 aromatic rings. The first-order valence-corrected chi connectivity index (χ1v) is 21.1. The monoisotopic (exact) mass is 773 g/mol. The minimum atomic E-state index is -1.29. The van der Waals surface area contributed by atoms with E-state index in [4.69, 9.17) is 5.11 Å². The van der Waals surface area contributed by atoms with Crippen LogP contribution in [0.25, 0.3) is 0 Å². The summed E-state index contributed by atoms with van der Waals surface area (Å²) in [4.78, 5) is 36.2. The van der Waals surface area contributed by atoms with Crippen LogP contribution in [0.4, 0.5) is 0 Å². The second kappa shape index (κ2) is 42.9. The molecule has 0 saturated heterocycles. The van der Waals surface area contributed by atoms with E-state index in [9.17, 15) is 24.6 Å². The third-order valence-corrected chi connectivity index (χ3v) is 9.43. The van der Waals surface area contributed by atoms with Crippen molar-refractivity contribution in [2.45, 2.75) is 245 Å². The molecule has 0 radical (unpaired) electrons. The Bertz CT molecular complexity index is 810. The Morgan fingerprint density at radius 1 is 0.510 bits per heavy atom. The number of aliphatic carboxylic acids is 2. The number of carboxylic acid groups (broad SMARTS) is 2. The Balaban J connectivity index is -0.000000886. The second-order valence-electron chi connectivity index (χ2n) is 14.5. The zero-order valence-electron chi connectivity index (χ0n) is 33.9. The van der Waals surface area contributed by atoms with E-state index in [2.05, 4.69) is 24.2 Å². The number of carbonyl (C=O) groups excluding carboxylic acids is 2. The topological polar surface area (TPSA) is 142 Å². The number of carboxylic acids is 2. The summed E-state index contributed by atoms with van der Waals surface area (Å²) in [5.74, 6) is -2.73. The predicted octanol–water partition coefficient (Wildman–Crippen LogP) is 9.98. The van der Waals surface area contributed by atoms with E-state index in [1.807, 2.05) is 0 Å². The van der Waals surface area contributed by atoms with Gasteiger partial charge in [-0.15, -0.1) is 0 Å². The van der Waals surface area contributed by atoms with Gasteiger partial charge in [0.15, 0.2) is 0 Å². The van der Waals surface area contributed by atoms with Gasteiger partial charge < -0.3 is 25.4 Å². The normalized spacial score (nSPS) is 12.4. The Morgan fingerprint density at radius 2 is 0.784 bits per heavy atom. The first kappa shape index (κ1) is 53.9. The average Bonchev–Trinajstić information content (AvgIpc) is 3.08. The molecule has 8 nitrogen and oxygen atoms in total. The van der Waals surface area contributed by atoms with Crippen molar-refractivity contribution in [2.75, 3.05) is 0 Å². The Kier molecular flexibility index (Phi) is 45.3. The number of nitrogens with one attached hydrogen (secondary N) is 1. The third kappa shape index (κ3) is 44.6. The van der Waals surface area contributed by atoms with Crippen molar-refractivity contribution in [1.29, 1.82) is 0 Å². The molecule has 0 unspecified atom stereocenters. The molecule has 2 N–H and O–H groups in total. The quantitative estimate of drug-likeness (QED) is 0.0281. The second-order valence-corrected chi connectivity index (χ2v) is 14.5. The first-order valence-electron chi connectivity index (χ1n) is 21.1. The molecule has 0 rings (SSSR count). The summed E-state index contributed by atoms with van der Waals surface area (Å²) in [5.41, 5.74) is 0. The van der Waals surface area contributed by atoms with E-state index in [1.165, 1.54) is 174 Å². The Labute approximate surface area is 327 Å². The number of rotatable bonds is 36. The van der Waals surface area contributed by atoms with Gasteiger partial charge in [0.25, 0.3) is 0 Å². The molecule has 0 bridgehead atoms. The number of carbonyl (C=O) groups is 3. The molecular formula is C42H80N2O6Zn. The molecule has 9 heteroatoms. The van der Waals surface area contributed by atoms with Crippen LogP contribution in [-0.4, -0.2) is 40.9 Å². The Hall–Kier alpha value is -1.50. The van der Waals surface area contributed by atoms with Crippen LogP contribution >= 0.6 is 0 Å². The summed E-state index contributed by atoms with van der Waals surface area (Å²) in [6.45, 7) is 7.39. The van der Waals surface area contributed by atoms with Crippen LogP contribution in [0.2, 0.25) is 0 Å². The summed E-state index contributed by atoms with van der Waals surface area (Å²) >= 11 is 0. The van der Waals surface area contributed by atoms with Crippen molar-refractivity contribution in [3.05, 3.63) is 0 Å². The minimum Gasteiger partial charge on any atom is -0.862 e. The molecule has 2 atom stereocenters. The molecule has 296 valence electrons. The van der Waals surface area contributed by atoms with Crippen molar-refractivity contribution in [3.63, 3.8) is 0 Å². The van der Waals surface area contributed by atoms with E-state index < -0.39 is 24.0 Å². The smallest absolute Gasteiger partial charge is 0.862 e. The van der Waals surface area contributed by atoms with Crippen molar-refractivity contribution in [3.8, 4) is 0 Å². The first-order chi connectivity index (χ1) is 24.1. The zero-order valence-corrected chi connectivity index (χ0v) is 36.9. The molecule has 0 aliphatic heterocycles. The number of amides is 1. The summed E-state index contributed by atoms with van der Waals surface area (Å²) in [7, 11) is 0. The van der Waals surface area contributed by atoms with Crippen molar-refractivity contribution >= 4 is 23.7 Å². The van der Waals surface area contributed by atoms with Crippen LogP contribution in [0.3, 0.4) is 0 Å². The predicted molar refractivity (Wildman–Crippen MR) is 206 cm³/mol. The third-order valence-electron chi connectivity index (χ3n) is 9.43. The van der Waals surface area contributed by atoms with Gasteiger partial charge in [0.1, 0.15) is 6.04 Å². The molecule has 0 aromatic carbocycles. The summed E-state index contributed by atoms with van der Waals surface area (Å²) < 4.78 is 0. The molecular weight excluding hydrogens is 694 g/mol. The van der Waals surface area contributed by atoms with Gasteiger partial charge in [-0.2, -0.15) is 0 Å². The average molecular weight is 774 g/mol. The zero-order chi connectivity index (χ0) is 37.5. The number of hydrogen-bond acceptors (Lipinski definition) is 6. The van der Waals surface area contributed by atoms with Crippen molar-refractivity contribution < 1.29 is 49.2 Å². The van der Waals surface area contributed by atoms with Crippen LogP contribution < -0.4 is 15.5 Å². The van der Waals surface area contributed by atoms with Crippen molar-refractivity contribution in [2.24, 2.45) is 4.99 Å². The van der Waals surface area contributed by atoms with Gasteiger partial charge in [-0.25, -0.2) is 0 Å². The molecule has 0 saturated carbocycles. The summed E-state index contributed by atoms with van der Waals surface area (Å²) in [6, 6.07) is -1.81. The van der Waals surface area contributed by atoms with Crippen LogP contribution in [0.1, 0.15) is 233 Å². The van der Waals surface area contributed by atoms with Gasteiger partial charge in [0.05, 0.1) is 12.0 Å². The largest absolute Gasteiger partial charge is 2.00 e. The summed E-state index contributed by atoms with van der Waals surface area (Å²) in [5, 5.41) is 33.1. The molecule has 51 heavy (non-hydrogen) atoms. The molecule has 0 spiro atoms. The van der Waals surface area contributed by atoms with Gasteiger partial charge >= 0.3 is 25.4 Å². The van der Waals surface area contributed by atoms with Gasteiger partial charge in [-0.1, -0.05) is 194 Å². The van der Waals surface area contributed by atoms with Gasteiger partial charge in [0, 0.05) is 6.42 Å². The van der Waals surface area contributed by atoms with Crippen LogP contribution in [0.5, 0.6) is 0 Å². The minimum absolute atomic E-state index is 0. The van der Waals surface area contributed by atoms with Gasteiger partial charge in [-0.05, 0) is 39.0 Å². The van der Waals surface area contributed by atoms with Crippen LogP contribution in [0, 0.1) is 0 Å². The number of unbranched alkanes of at least 4 members (excludes halogenated alkanes) is 28. The van der Waals surface area contributed by atoms with E-state index >= 15 is 0 Å². The SMILES string of the molecule is CCCCCCCCCCCCCCCCCC(=O)N[C@@H](C)C(=O)O.CCCCCCCCCCCCCCCCCC([O-])=N[C@@H](C)C(=O)[O-].[Zn+2]. The van der Waals surface area contributed by atoms with Crippen molar-refractivity contribution in [1.82, 2.24) is 5.32 Å². The standard InChI is InChI=1S/2C21H41NO3.Zn/c2*1-3-4-5-6-7-8-9-10-11-12-13-14-15-16-17-18-20(23)22-19(2)21(24)25;/h2*19H,3-18H2,1-2H3,(H,22,23)(H,24,25);/q;;+2/p-2/t2*19-;/m00./s1. The number of nitrogens with zero attached hydrogens (tertiary/aromatic N) is 1. The number of hydrogen-bond donors (Lipinski definition) is 2. The van der Waals surface area contributed by atoms with Gasteiger partial charge in [0.2, 0.25) is 5.91 Å². The van der Waals surface area contributed by atoms with Crippen LogP contribution in [-0.2, 0) is 33.9 Å². The molecule has 0 heterocycles.